The smallest absolute Gasteiger partial charge is 0.0205 e. The highest BCUT2D eigenvalue weighted by Crippen LogP contribution is 2.15. The maximum absolute atomic E-state index is 4.15. The Labute approximate surface area is 111 Å². The number of hydrogen-bond donors (Lipinski definition) is 1. The molecule has 1 fully saturated rings. The van der Waals surface area contributed by atoms with Crippen molar-refractivity contribution in [1.29, 1.82) is 0 Å². The second-order valence-corrected chi connectivity index (χ2v) is 5.15. The van der Waals surface area contributed by atoms with Crippen LogP contribution < -0.4 is 5.32 Å². The minimum atomic E-state index is 0.813. The van der Waals surface area contributed by atoms with Gasteiger partial charge in [0.25, 0.3) is 0 Å². The van der Waals surface area contributed by atoms with Crippen LogP contribution in [0, 0.1) is 5.92 Å². The Kier molecular flexibility index (Phi) is 4.97. The average molecular weight is 244 g/mol. The summed E-state index contributed by atoms with van der Waals surface area (Å²) in [6.45, 7) is 12.1. The highest BCUT2D eigenvalue weighted by molar-refractivity contribution is 5.64. The number of nitrogens with zero attached hydrogens (tertiary/aromatic N) is 1. The zero-order valence-corrected chi connectivity index (χ0v) is 11.4. The van der Waals surface area contributed by atoms with Crippen LogP contribution in [-0.4, -0.2) is 37.6 Å². The summed E-state index contributed by atoms with van der Waals surface area (Å²) in [4.78, 5) is 2.53. The van der Waals surface area contributed by atoms with Crippen molar-refractivity contribution >= 4 is 5.57 Å². The van der Waals surface area contributed by atoms with E-state index < -0.39 is 0 Å². The Hall–Kier alpha value is -1.12. The summed E-state index contributed by atoms with van der Waals surface area (Å²) in [5.74, 6) is 0.813. The molecular weight excluding hydrogens is 220 g/mol. The summed E-state index contributed by atoms with van der Waals surface area (Å²) < 4.78 is 0. The molecule has 2 nitrogen and oxygen atoms in total. The number of hydrogen-bond acceptors (Lipinski definition) is 2. The van der Waals surface area contributed by atoms with Crippen molar-refractivity contribution in [2.24, 2.45) is 5.92 Å². The topological polar surface area (TPSA) is 15.3 Å². The number of benzene rings is 1. The van der Waals surface area contributed by atoms with Gasteiger partial charge in [-0.3, -0.25) is 0 Å². The average Bonchev–Trinajstić information content (AvgIpc) is 2.87. The first-order valence-corrected chi connectivity index (χ1v) is 6.96. The fraction of sp³-hybridized carbons (Fsp3) is 0.500. The van der Waals surface area contributed by atoms with Gasteiger partial charge in [0, 0.05) is 13.1 Å². The quantitative estimate of drug-likeness (QED) is 0.827. The van der Waals surface area contributed by atoms with Crippen LogP contribution in [0.4, 0.5) is 0 Å². The van der Waals surface area contributed by atoms with Gasteiger partial charge in [-0.2, -0.15) is 0 Å². The maximum atomic E-state index is 4.15. The second-order valence-electron chi connectivity index (χ2n) is 5.15. The lowest BCUT2D eigenvalue weighted by Gasteiger charge is -2.14. The fourth-order valence-corrected chi connectivity index (χ4v) is 2.57. The number of nitrogens with one attached hydrogen (secondary N) is 1. The predicted octanol–water partition coefficient (Wildman–Crippen LogP) is 2.63. The van der Waals surface area contributed by atoms with Gasteiger partial charge in [0.05, 0.1) is 0 Å². The standard InChI is InChI=1S/C16H24N2/c1-3-18-10-9-15(13-18)12-17-11-14(2)16-7-5-4-6-8-16/h4-8,15,17H,2-3,9-13H2,1H3. The van der Waals surface area contributed by atoms with Crippen molar-refractivity contribution in [2.75, 3.05) is 32.7 Å². The van der Waals surface area contributed by atoms with Gasteiger partial charge in [-0.25, -0.2) is 0 Å². The van der Waals surface area contributed by atoms with Crippen LogP contribution >= 0.6 is 0 Å². The molecule has 1 aliphatic rings. The van der Waals surface area contributed by atoms with Crippen LogP contribution in [0.25, 0.3) is 5.57 Å². The molecule has 0 aromatic heterocycles. The minimum Gasteiger partial charge on any atom is -0.312 e. The zero-order chi connectivity index (χ0) is 12.8. The molecule has 0 bridgehead atoms. The van der Waals surface area contributed by atoms with E-state index in [2.05, 4.69) is 48.0 Å². The van der Waals surface area contributed by atoms with E-state index in [1.165, 1.54) is 37.2 Å². The Morgan fingerprint density at radius 1 is 1.39 bits per heavy atom. The van der Waals surface area contributed by atoms with Gasteiger partial charge in [-0.15, -0.1) is 0 Å². The molecule has 1 atom stereocenters. The lowest BCUT2D eigenvalue weighted by Crippen LogP contribution is -2.27. The molecule has 1 aliphatic heterocycles. The van der Waals surface area contributed by atoms with Crippen LogP contribution in [0.5, 0.6) is 0 Å². The molecule has 1 N–H and O–H groups in total. The van der Waals surface area contributed by atoms with Crippen LogP contribution in [0.2, 0.25) is 0 Å². The second kappa shape index (κ2) is 6.72. The van der Waals surface area contributed by atoms with E-state index in [4.69, 9.17) is 0 Å². The normalized spacial score (nSPS) is 20.2. The minimum absolute atomic E-state index is 0.813. The van der Waals surface area contributed by atoms with Crippen molar-refractivity contribution < 1.29 is 0 Å². The molecule has 18 heavy (non-hydrogen) atoms. The molecule has 2 rings (SSSR count). The van der Waals surface area contributed by atoms with Crippen molar-refractivity contribution in [1.82, 2.24) is 10.2 Å². The summed E-state index contributed by atoms with van der Waals surface area (Å²) in [7, 11) is 0. The molecule has 0 radical (unpaired) electrons. The van der Waals surface area contributed by atoms with Gasteiger partial charge >= 0.3 is 0 Å². The lowest BCUT2D eigenvalue weighted by atomic mass is 10.1. The molecule has 1 heterocycles. The van der Waals surface area contributed by atoms with Crippen LogP contribution in [0.15, 0.2) is 36.9 Å². The number of likely N-dealkylation sites (tertiary alicyclic amines) is 1. The molecule has 1 unspecified atom stereocenters. The monoisotopic (exact) mass is 244 g/mol. The maximum Gasteiger partial charge on any atom is 0.0205 e. The first-order chi connectivity index (χ1) is 8.79. The van der Waals surface area contributed by atoms with Crippen LogP contribution in [-0.2, 0) is 0 Å². The predicted molar refractivity (Wildman–Crippen MR) is 78.6 cm³/mol. The van der Waals surface area contributed by atoms with E-state index in [1.807, 2.05) is 6.07 Å². The van der Waals surface area contributed by atoms with Crippen LogP contribution in [0.3, 0.4) is 0 Å². The summed E-state index contributed by atoms with van der Waals surface area (Å²) in [6.07, 6.45) is 1.33. The third-order valence-corrected chi connectivity index (χ3v) is 3.77. The largest absolute Gasteiger partial charge is 0.312 e. The summed E-state index contributed by atoms with van der Waals surface area (Å²) >= 11 is 0. The highest BCUT2D eigenvalue weighted by Gasteiger charge is 2.20. The van der Waals surface area contributed by atoms with E-state index in [1.54, 1.807) is 0 Å². The van der Waals surface area contributed by atoms with Crippen LogP contribution in [0.1, 0.15) is 18.9 Å². The Morgan fingerprint density at radius 2 is 2.17 bits per heavy atom. The molecule has 0 aliphatic carbocycles. The van der Waals surface area contributed by atoms with E-state index in [9.17, 15) is 0 Å². The van der Waals surface area contributed by atoms with E-state index >= 15 is 0 Å². The number of rotatable bonds is 6. The van der Waals surface area contributed by atoms with Gasteiger partial charge in [-0.05, 0) is 43.1 Å². The zero-order valence-electron chi connectivity index (χ0n) is 11.4. The van der Waals surface area contributed by atoms with E-state index in [-0.39, 0.29) is 0 Å². The first-order valence-electron chi connectivity index (χ1n) is 6.96. The van der Waals surface area contributed by atoms with Gasteiger partial charge in [-0.1, -0.05) is 43.8 Å². The molecule has 1 aromatic carbocycles. The third-order valence-electron chi connectivity index (χ3n) is 3.77. The SMILES string of the molecule is C=C(CNCC1CCN(CC)C1)c1ccccc1. The van der Waals surface area contributed by atoms with E-state index in [0.717, 1.165) is 19.0 Å². The molecule has 0 spiro atoms. The van der Waals surface area contributed by atoms with Crippen molar-refractivity contribution in [3.8, 4) is 0 Å². The first kappa shape index (κ1) is 13.3. The summed E-state index contributed by atoms with van der Waals surface area (Å²) in [6, 6.07) is 10.4. The van der Waals surface area contributed by atoms with Crippen molar-refractivity contribution in [2.45, 2.75) is 13.3 Å². The molecule has 0 saturated carbocycles. The van der Waals surface area contributed by atoms with Crippen molar-refractivity contribution in [3.05, 3.63) is 42.5 Å². The van der Waals surface area contributed by atoms with E-state index in [0.29, 0.717) is 0 Å². The van der Waals surface area contributed by atoms with Gasteiger partial charge < -0.3 is 10.2 Å². The highest BCUT2D eigenvalue weighted by atomic mass is 15.1. The molecule has 2 heteroatoms. The molecule has 1 saturated heterocycles. The summed E-state index contributed by atoms with van der Waals surface area (Å²) in [5.41, 5.74) is 2.42. The van der Waals surface area contributed by atoms with Gasteiger partial charge in [0.15, 0.2) is 0 Å². The van der Waals surface area contributed by atoms with Gasteiger partial charge in [0.1, 0.15) is 0 Å². The Bertz CT molecular complexity index is 372. The Balaban J connectivity index is 1.68. The molecular formula is C16H24N2. The third kappa shape index (κ3) is 3.69. The molecule has 98 valence electrons. The Morgan fingerprint density at radius 3 is 2.83 bits per heavy atom. The van der Waals surface area contributed by atoms with Gasteiger partial charge in [0.2, 0.25) is 0 Å². The van der Waals surface area contributed by atoms with Crippen molar-refractivity contribution in [3.63, 3.8) is 0 Å². The molecule has 0 amide bonds. The lowest BCUT2D eigenvalue weighted by molar-refractivity contribution is 0.340. The fourth-order valence-electron chi connectivity index (χ4n) is 2.57. The summed E-state index contributed by atoms with van der Waals surface area (Å²) in [5, 5.41) is 3.54. The molecule has 1 aromatic rings.